The van der Waals surface area contributed by atoms with Crippen molar-refractivity contribution < 1.29 is 0 Å². The van der Waals surface area contributed by atoms with Crippen molar-refractivity contribution in [2.24, 2.45) is 0 Å². The van der Waals surface area contributed by atoms with Gasteiger partial charge in [-0.3, -0.25) is 14.6 Å². The Bertz CT molecular complexity index is 465. The Hall–Kier alpha value is -1.88. The number of nitrogens with zero attached hydrogens (tertiary/aromatic N) is 4. The highest BCUT2D eigenvalue weighted by Gasteiger charge is 2.04. The van der Waals surface area contributed by atoms with Crippen molar-refractivity contribution in [2.75, 3.05) is 18.8 Å². The van der Waals surface area contributed by atoms with Gasteiger partial charge in [0.1, 0.15) is 5.82 Å². The average molecular weight is 245 g/mol. The summed E-state index contributed by atoms with van der Waals surface area (Å²) in [6, 6.07) is 5.92. The molecule has 0 spiro atoms. The van der Waals surface area contributed by atoms with E-state index in [2.05, 4.69) is 34.0 Å². The number of likely N-dealkylation sites (N-methyl/N-ethyl adjacent to an activating group) is 1. The highest BCUT2D eigenvalue weighted by molar-refractivity contribution is 5.23. The number of nitrogens with two attached hydrogens (primary N) is 1. The molecule has 0 unspecified atom stereocenters. The minimum absolute atomic E-state index is 0.576. The first-order valence-electron chi connectivity index (χ1n) is 6.18. The molecular weight excluding hydrogens is 226 g/mol. The largest absolute Gasteiger partial charge is 0.382 e. The lowest BCUT2D eigenvalue weighted by molar-refractivity contribution is 0.263. The second kappa shape index (κ2) is 6.16. The fraction of sp³-hybridized carbons (Fsp3) is 0.385. The fourth-order valence-corrected chi connectivity index (χ4v) is 1.84. The molecule has 2 rings (SSSR count). The van der Waals surface area contributed by atoms with Gasteiger partial charge >= 0.3 is 0 Å². The molecule has 2 heterocycles. The number of rotatable bonds is 6. The van der Waals surface area contributed by atoms with Crippen LogP contribution in [-0.4, -0.2) is 32.8 Å². The highest BCUT2D eigenvalue weighted by atomic mass is 15.3. The van der Waals surface area contributed by atoms with Gasteiger partial charge in [-0.25, -0.2) is 0 Å². The van der Waals surface area contributed by atoms with Crippen LogP contribution in [0.2, 0.25) is 0 Å². The van der Waals surface area contributed by atoms with Crippen LogP contribution in [0.1, 0.15) is 12.5 Å². The van der Waals surface area contributed by atoms with E-state index in [4.69, 9.17) is 5.73 Å². The summed E-state index contributed by atoms with van der Waals surface area (Å²) < 4.78 is 1.88. The van der Waals surface area contributed by atoms with Gasteiger partial charge in [0.25, 0.3) is 0 Å². The molecule has 0 saturated heterocycles. The molecule has 18 heavy (non-hydrogen) atoms. The van der Waals surface area contributed by atoms with Crippen molar-refractivity contribution in [2.45, 2.75) is 20.0 Å². The molecule has 0 saturated carbocycles. The van der Waals surface area contributed by atoms with Gasteiger partial charge in [-0.05, 0) is 30.3 Å². The van der Waals surface area contributed by atoms with Crippen LogP contribution in [0.15, 0.2) is 36.8 Å². The van der Waals surface area contributed by atoms with E-state index in [1.165, 1.54) is 5.56 Å². The zero-order chi connectivity index (χ0) is 12.8. The maximum Gasteiger partial charge on any atom is 0.145 e. The van der Waals surface area contributed by atoms with Gasteiger partial charge in [-0.1, -0.05) is 6.92 Å². The smallest absolute Gasteiger partial charge is 0.145 e. The third-order valence-electron chi connectivity index (χ3n) is 2.91. The van der Waals surface area contributed by atoms with Crippen molar-refractivity contribution in [3.8, 4) is 0 Å². The van der Waals surface area contributed by atoms with Gasteiger partial charge in [0, 0.05) is 31.7 Å². The summed E-state index contributed by atoms with van der Waals surface area (Å²) in [5.41, 5.74) is 6.87. The molecule has 0 atom stereocenters. The standard InChI is InChI=1S/C13H19N5/c1-2-17(11-12-3-6-15-7-4-12)9-10-18-8-5-13(14)16-18/h3-8H,2,9-11H2,1H3,(H2,14,16). The van der Waals surface area contributed by atoms with E-state index in [1.54, 1.807) is 0 Å². The lowest BCUT2D eigenvalue weighted by atomic mass is 10.2. The van der Waals surface area contributed by atoms with E-state index in [0.717, 1.165) is 26.2 Å². The van der Waals surface area contributed by atoms with Gasteiger partial charge in [-0.2, -0.15) is 5.10 Å². The molecular formula is C13H19N5. The predicted octanol–water partition coefficient (Wildman–Crippen LogP) is 1.38. The van der Waals surface area contributed by atoms with Gasteiger partial charge < -0.3 is 5.73 Å². The van der Waals surface area contributed by atoms with Gasteiger partial charge in [0.15, 0.2) is 0 Å². The lowest BCUT2D eigenvalue weighted by Crippen LogP contribution is -2.27. The van der Waals surface area contributed by atoms with Crippen molar-refractivity contribution in [3.63, 3.8) is 0 Å². The van der Waals surface area contributed by atoms with Crippen molar-refractivity contribution >= 4 is 5.82 Å². The third kappa shape index (κ3) is 3.56. The molecule has 0 amide bonds. The first-order valence-corrected chi connectivity index (χ1v) is 6.18. The Morgan fingerprint density at radius 3 is 2.67 bits per heavy atom. The summed E-state index contributed by atoms with van der Waals surface area (Å²) in [5.74, 6) is 0.576. The summed E-state index contributed by atoms with van der Waals surface area (Å²) >= 11 is 0. The van der Waals surface area contributed by atoms with E-state index in [9.17, 15) is 0 Å². The van der Waals surface area contributed by atoms with Crippen LogP contribution in [-0.2, 0) is 13.1 Å². The van der Waals surface area contributed by atoms with Crippen molar-refractivity contribution in [3.05, 3.63) is 42.4 Å². The average Bonchev–Trinajstić information content (AvgIpc) is 2.81. The predicted molar refractivity (Wildman–Crippen MR) is 71.8 cm³/mol. The van der Waals surface area contributed by atoms with E-state index in [-0.39, 0.29) is 0 Å². The molecule has 2 N–H and O–H groups in total. The number of hydrogen-bond donors (Lipinski definition) is 1. The second-order valence-corrected chi connectivity index (χ2v) is 4.23. The van der Waals surface area contributed by atoms with Crippen LogP contribution >= 0.6 is 0 Å². The molecule has 0 aliphatic carbocycles. The van der Waals surface area contributed by atoms with Gasteiger partial charge in [0.2, 0.25) is 0 Å². The Labute approximate surface area is 107 Å². The molecule has 0 fully saturated rings. The molecule has 0 aromatic carbocycles. The molecule has 0 radical (unpaired) electrons. The van der Waals surface area contributed by atoms with Crippen LogP contribution in [0.5, 0.6) is 0 Å². The fourth-order valence-electron chi connectivity index (χ4n) is 1.84. The van der Waals surface area contributed by atoms with Crippen LogP contribution in [0.4, 0.5) is 5.82 Å². The Morgan fingerprint density at radius 2 is 2.06 bits per heavy atom. The Morgan fingerprint density at radius 1 is 1.28 bits per heavy atom. The van der Waals surface area contributed by atoms with Crippen LogP contribution in [0.3, 0.4) is 0 Å². The van der Waals surface area contributed by atoms with Crippen molar-refractivity contribution in [1.29, 1.82) is 0 Å². The van der Waals surface area contributed by atoms with E-state index in [0.29, 0.717) is 5.82 Å². The van der Waals surface area contributed by atoms with Gasteiger partial charge in [-0.15, -0.1) is 0 Å². The molecule has 0 aliphatic heterocycles. The molecule has 2 aromatic rings. The molecule has 0 aliphatic rings. The maximum atomic E-state index is 5.59. The van der Waals surface area contributed by atoms with E-state index >= 15 is 0 Å². The molecule has 5 heteroatoms. The number of hydrogen-bond acceptors (Lipinski definition) is 4. The van der Waals surface area contributed by atoms with Crippen LogP contribution < -0.4 is 5.73 Å². The van der Waals surface area contributed by atoms with Crippen LogP contribution in [0, 0.1) is 0 Å². The molecule has 2 aromatic heterocycles. The topological polar surface area (TPSA) is 60.0 Å². The Balaban J connectivity index is 1.86. The summed E-state index contributed by atoms with van der Waals surface area (Å²) in [4.78, 5) is 6.40. The van der Waals surface area contributed by atoms with Gasteiger partial charge in [0.05, 0.1) is 6.54 Å². The normalized spacial score (nSPS) is 11.0. The first kappa shape index (κ1) is 12.6. The molecule has 5 nitrogen and oxygen atoms in total. The maximum absolute atomic E-state index is 5.59. The summed E-state index contributed by atoms with van der Waals surface area (Å²) in [6.07, 6.45) is 5.57. The molecule has 0 bridgehead atoms. The van der Waals surface area contributed by atoms with Crippen LogP contribution in [0.25, 0.3) is 0 Å². The number of pyridine rings is 1. The lowest BCUT2D eigenvalue weighted by Gasteiger charge is -2.20. The Kier molecular flexibility index (Phi) is 4.30. The quantitative estimate of drug-likeness (QED) is 0.835. The second-order valence-electron chi connectivity index (χ2n) is 4.23. The summed E-state index contributed by atoms with van der Waals surface area (Å²) in [7, 11) is 0. The molecule has 96 valence electrons. The zero-order valence-electron chi connectivity index (χ0n) is 10.7. The first-order chi connectivity index (χ1) is 8.78. The monoisotopic (exact) mass is 245 g/mol. The zero-order valence-corrected chi connectivity index (χ0v) is 10.7. The number of anilines is 1. The highest BCUT2D eigenvalue weighted by Crippen LogP contribution is 2.03. The van der Waals surface area contributed by atoms with E-state index in [1.807, 2.05) is 29.3 Å². The van der Waals surface area contributed by atoms with E-state index < -0.39 is 0 Å². The SMILES string of the molecule is CCN(CCn1ccc(N)n1)Cc1ccncc1. The minimum Gasteiger partial charge on any atom is -0.382 e. The minimum atomic E-state index is 0.576. The number of nitrogen functional groups attached to an aromatic ring is 1. The number of aromatic nitrogens is 3. The van der Waals surface area contributed by atoms with Crippen molar-refractivity contribution in [1.82, 2.24) is 19.7 Å². The third-order valence-corrected chi connectivity index (χ3v) is 2.91. The summed E-state index contributed by atoms with van der Waals surface area (Å²) in [6.45, 7) is 5.93. The summed E-state index contributed by atoms with van der Waals surface area (Å²) in [5, 5.41) is 4.18.